The average Bonchev–Trinajstić information content (AvgIpc) is 2.80. The smallest absolute Gasteiger partial charge is 0.159 e. The molecule has 94 valence electrons. The van der Waals surface area contributed by atoms with Gasteiger partial charge in [-0.1, -0.05) is 0 Å². The second kappa shape index (κ2) is 3.92. The molecule has 1 heterocycles. The zero-order valence-electron chi connectivity index (χ0n) is 9.95. The quantitative estimate of drug-likeness (QED) is 0.742. The second-order valence-corrected chi connectivity index (χ2v) is 4.79. The van der Waals surface area contributed by atoms with Crippen molar-refractivity contribution in [1.29, 1.82) is 0 Å². The minimum absolute atomic E-state index is 0.452. The molecule has 2 nitrogen and oxygen atoms in total. The summed E-state index contributed by atoms with van der Waals surface area (Å²) in [6, 6.07) is 4.44. The first-order valence-electron chi connectivity index (χ1n) is 5.90. The third-order valence-electron chi connectivity index (χ3n) is 3.29. The molecule has 4 heteroatoms. The van der Waals surface area contributed by atoms with E-state index in [4.69, 9.17) is 0 Å². The summed E-state index contributed by atoms with van der Waals surface area (Å²) in [6.45, 7) is 2.15. The van der Waals surface area contributed by atoms with Crippen LogP contribution in [0.1, 0.15) is 18.1 Å². The van der Waals surface area contributed by atoms with Crippen LogP contribution in [0.15, 0.2) is 24.4 Å². The van der Waals surface area contributed by atoms with Gasteiger partial charge in [0.05, 0.1) is 11.8 Å². The van der Waals surface area contributed by atoms with Gasteiger partial charge in [-0.2, -0.15) is 0 Å². The van der Waals surface area contributed by atoms with Crippen molar-refractivity contribution < 1.29 is 13.9 Å². The van der Waals surface area contributed by atoms with Gasteiger partial charge in [0.25, 0.3) is 0 Å². The van der Waals surface area contributed by atoms with E-state index in [-0.39, 0.29) is 0 Å². The number of rotatable bonds is 2. The Hall–Kier alpha value is -1.68. The summed E-state index contributed by atoms with van der Waals surface area (Å²) in [7, 11) is 0. The largest absolute Gasteiger partial charge is 0.392 e. The lowest BCUT2D eigenvalue weighted by molar-refractivity contribution is 0.174. The Morgan fingerprint density at radius 3 is 2.72 bits per heavy atom. The van der Waals surface area contributed by atoms with E-state index in [1.165, 1.54) is 12.1 Å². The number of nitrogens with zero attached hydrogens (tertiary/aromatic N) is 1. The summed E-state index contributed by atoms with van der Waals surface area (Å²) in [4.78, 5) is 0. The first-order chi connectivity index (χ1) is 8.56. The molecule has 0 aliphatic heterocycles. The number of aliphatic hydroxyl groups is 1. The Labute approximate surface area is 103 Å². The molecule has 0 saturated carbocycles. The van der Waals surface area contributed by atoms with E-state index in [0.717, 1.165) is 22.4 Å². The molecule has 1 aromatic carbocycles. The van der Waals surface area contributed by atoms with Crippen LogP contribution in [0.5, 0.6) is 0 Å². The Morgan fingerprint density at radius 2 is 2.00 bits per heavy atom. The first kappa shape index (κ1) is 11.4. The van der Waals surface area contributed by atoms with E-state index in [0.29, 0.717) is 13.0 Å². The standard InChI is InChI=1S/C14H13F2NO/c1-8(18)7-17-3-2-9-4-10-5-12(15)13(16)6-11(10)14(9)17/h2-3,5-6,8,18H,4,7H2,1H3/t8-/m1/s1. The molecule has 0 amide bonds. The van der Waals surface area contributed by atoms with Gasteiger partial charge in [0.1, 0.15) is 0 Å². The van der Waals surface area contributed by atoms with Crippen molar-refractivity contribution >= 4 is 0 Å². The lowest BCUT2D eigenvalue weighted by atomic mass is 10.1. The maximum Gasteiger partial charge on any atom is 0.159 e. The van der Waals surface area contributed by atoms with Crippen LogP contribution >= 0.6 is 0 Å². The number of hydrogen-bond acceptors (Lipinski definition) is 1. The predicted molar refractivity (Wildman–Crippen MR) is 64.3 cm³/mol. The highest BCUT2D eigenvalue weighted by Gasteiger charge is 2.24. The number of fused-ring (bicyclic) bond motifs is 3. The number of hydrogen-bond donors (Lipinski definition) is 1. The zero-order chi connectivity index (χ0) is 12.9. The lowest BCUT2D eigenvalue weighted by Crippen LogP contribution is -2.11. The van der Waals surface area contributed by atoms with Crippen LogP contribution in [0.25, 0.3) is 11.3 Å². The van der Waals surface area contributed by atoms with Gasteiger partial charge in [-0.25, -0.2) is 8.78 Å². The predicted octanol–water partition coefficient (Wildman–Crippen LogP) is 2.72. The molecule has 3 rings (SSSR count). The maximum atomic E-state index is 13.3. The van der Waals surface area contributed by atoms with Crippen molar-refractivity contribution in [2.24, 2.45) is 0 Å². The highest BCUT2D eigenvalue weighted by Crippen LogP contribution is 2.38. The molecular weight excluding hydrogens is 236 g/mol. The van der Waals surface area contributed by atoms with Crippen molar-refractivity contribution in [3.63, 3.8) is 0 Å². The van der Waals surface area contributed by atoms with Crippen LogP contribution < -0.4 is 0 Å². The van der Waals surface area contributed by atoms with Crippen molar-refractivity contribution in [3.05, 3.63) is 47.2 Å². The Kier molecular flexibility index (Phi) is 2.48. The fraction of sp³-hybridized carbons (Fsp3) is 0.286. The van der Waals surface area contributed by atoms with Gasteiger partial charge in [0.15, 0.2) is 11.6 Å². The fourth-order valence-electron chi connectivity index (χ4n) is 2.58. The minimum atomic E-state index is -0.827. The third kappa shape index (κ3) is 1.64. The van der Waals surface area contributed by atoms with Crippen LogP contribution in [0.4, 0.5) is 8.78 Å². The highest BCUT2D eigenvalue weighted by molar-refractivity contribution is 5.74. The molecule has 0 fully saturated rings. The molecule has 0 unspecified atom stereocenters. The normalized spacial score (nSPS) is 14.4. The minimum Gasteiger partial charge on any atom is -0.392 e. The highest BCUT2D eigenvalue weighted by atomic mass is 19.2. The summed E-state index contributed by atoms with van der Waals surface area (Å²) in [5.74, 6) is -1.63. The molecule has 18 heavy (non-hydrogen) atoms. The van der Waals surface area contributed by atoms with Crippen molar-refractivity contribution in [2.75, 3.05) is 0 Å². The van der Waals surface area contributed by atoms with Crippen molar-refractivity contribution in [3.8, 4) is 11.3 Å². The molecule has 0 saturated heterocycles. The van der Waals surface area contributed by atoms with E-state index in [2.05, 4.69) is 0 Å². The molecule has 1 atom stereocenters. The van der Waals surface area contributed by atoms with E-state index < -0.39 is 17.7 Å². The molecule has 1 aliphatic rings. The van der Waals surface area contributed by atoms with Gasteiger partial charge in [-0.15, -0.1) is 0 Å². The average molecular weight is 249 g/mol. The van der Waals surface area contributed by atoms with Gasteiger partial charge in [-0.05, 0) is 36.2 Å². The van der Waals surface area contributed by atoms with Crippen LogP contribution in [0, 0.1) is 11.6 Å². The second-order valence-electron chi connectivity index (χ2n) is 4.79. The van der Waals surface area contributed by atoms with Crippen LogP contribution in [-0.4, -0.2) is 15.8 Å². The maximum absolute atomic E-state index is 13.3. The molecule has 0 spiro atoms. The molecule has 0 bridgehead atoms. The van der Waals surface area contributed by atoms with E-state index in [1.807, 2.05) is 16.8 Å². The van der Waals surface area contributed by atoms with E-state index in [9.17, 15) is 13.9 Å². The van der Waals surface area contributed by atoms with Gasteiger partial charge < -0.3 is 9.67 Å². The number of aromatic nitrogens is 1. The Bertz CT molecular complexity index is 616. The van der Waals surface area contributed by atoms with E-state index in [1.54, 1.807) is 6.92 Å². The van der Waals surface area contributed by atoms with Crippen molar-refractivity contribution in [1.82, 2.24) is 4.57 Å². The SMILES string of the molecule is C[C@@H](O)Cn1ccc2c1-c1cc(F)c(F)cc1C2. The first-order valence-corrected chi connectivity index (χ1v) is 5.90. The fourth-order valence-corrected chi connectivity index (χ4v) is 2.58. The summed E-state index contributed by atoms with van der Waals surface area (Å²) in [5.41, 5.74) is 3.48. The van der Waals surface area contributed by atoms with Crippen LogP contribution in [-0.2, 0) is 13.0 Å². The Balaban J connectivity index is 2.13. The van der Waals surface area contributed by atoms with Crippen LogP contribution in [0.3, 0.4) is 0 Å². The van der Waals surface area contributed by atoms with Gasteiger partial charge >= 0.3 is 0 Å². The lowest BCUT2D eigenvalue weighted by Gasteiger charge is -2.11. The molecule has 1 aliphatic carbocycles. The molecule has 1 N–H and O–H groups in total. The summed E-state index contributed by atoms with van der Waals surface area (Å²) >= 11 is 0. The van der Waals surface area contributed by atoms with Gasteiger partial charge in [0.2, 0.25) is 0 Å². The molecule has 1 aromatic heterocycles. The van der Waals surface area contributed by atoms with E-state index >= 15 is 0 Å². The molecular formula is C14H13F2NO. The molecule has 2 aromatic rings. The number of benzene rings is 1. The Morgan fingerprint density at radius 1 is 1.28 bits per heavy atom. The summed E-state index contributed by atoms with van der Waals surface area (Å²) < 4.78 is 28.4. The number of halogens is 2. The summed E-state index contributed by atoms with van der Waals surface area (Å²) in [6.07, 6.45) is 2.02. The van der Waals surface area contributed by atoms with Crippen LogP contribution in [0.2, 0.25) is 0 Å². The topological polar surface area (TPSA) is 25.2 Å². The monoisotopic (exact) mass is 249 g/mol. The van der Waals surface area contributed by atoms with Gasteiger partial charge in [-0.3, -0.25) is 0 Å². The zero-order valence-corrected chi connectivity index (χ0v) is 9.95. The number of aliphatic hydroxyl groups excluding tert-OH is 1. The third-order valence-corrected chi connectivity index (χ3v) is 3.29. The van der Waals surface area contributed by atoms with Crippen molar-refractivity contribution in [2.45, 2.75) is 26.0 Å². The van der Waals surface area contributed by atoms with Gasteiger partial charge in [0, 0.05) is 24.7 Å². The molecule has 0 radical (unpaired) electrons. The summed E-state index contributed by atoms with van der Waals surface area (Å²) in [5, 5.41) is 9.45.